The van der Waals surface area contributed by atoms with Gasteiger partial charge in [-0.25, -0.2) is 0 Å². The van der Waals surface area contributed by atoms with Gasteiger partial charge in [-0.1, -0.05) is 48.6 Å². The minimum atomic E-state index is 0.273. The second-order valence-corrected chi connectivity index (χ2v) is 4.97. The number of benzene rings is 2. The van der Waals surface area contributed by atoms with E-state index in [0.29, 0.717) is 0 Å². The summed E-state index contributed by atoms with van der Waals surface area (Å²) in [5.74, 6) is 0.547. The van der Waals surface area contributed by atoms with Crippen molar-refractivity contribution in [2.45, 2.75) is 13.8 Å². The normalized spacial score (nSPS) is 11.9. The van der Waals surface area contributed by atoms with Crippen LogP contribution in [0.3, 0.4) is 0 Å². The molecule has 2 heteroatoms. The molecule has 0 aliphatic rings. The molecule has 0 aliphatic heterocycles. The van der Waals surface area contributed by atoms with Gasteiger partial charge in [0.05, 0.1) is 0 Å². The Hall–Kier alpha value is -2.74. The van der Waals surface area contributed by atoms with Gasteiger partial charge in [0.25, 0.3) is 0 Å². The van der Waals surface area contributed by atoms with Gasteiger partial charge in [-0.2, -0.15) is 0 Å². The third kappa shape index (κ3) is 3.89. The van der Waals surface area contributed by atoms with E-state index in [0.717, 1.165) is 22.3 Å². The first kappa shape index (κ1) is 15.6. The lowest BCUT2D eigenvalue weighted by Crippen LogP contribution is -1.80. The molecule has 22 heavy (non-hydrogen) atoms. The molecule has 0 saturated carbocycles. The number of phenols is 2. The van der Waals surface area contributed by atoms with Crippen LogP contribution in [0.5, 0.6) is 11.5 Å². The van der Waals surface area contributed by atoms with Crippen LogP contribution in [0.1, 0.15) is 36.1 Å². The van der Waals surface area contributed by atoms with Crippen LogP contribution < -0.4 is 0 Å². The number of allylic oxidation sites excluding steroid dienone is 2. The Morgan fingerprint density at radius 2 is 1.05 bits per heavy atom. The van der Waals surface area contributed by atoms with Crippen LogP contribution in [0.4, 0.5) is 0 Å². The smallest absolute Gasteiger partial charge is 0.122 e. The van der Waals surface area contributed by atoms with Gasteiger partial charge in [-0.3, -0.25) is 0 Å². The fraction of sp³-hybridized carbons (Fsp3) is 0.100. The Morgan fingerprint density at radius 3 is 1.41 bits per heavy atom. The molecule has 0 radical (unpaired) electrons. The van der Waals surface area contributed by atoms with Crippen molar-refractivity contribution in [3.8, 4) is 11.5 Å². The summed E-state index contributed by atoms with van der Waals surface area (Å²) in [5.41, 5.74) is 3.60. The zero-order valence-corrected chi connectivity index (χ0v) is 12.8. The van der Waals surface area contributed by atoms with Gasteiger partial charge in [0, 0.05) is 11.1 Å². The number of hydrogen-bond donors (Lipinski definition) is 2. The Kier molecular flexibility index (Phi) is 5.21. The minimum absolute atomic E-state index is 0.273. The van der Waals surface area contributed by atoms with Crippen molar-refractivity contribution in [3.63, 3.8) is 0 Å². The van der Waals surface area contributed by atoms with E-state index in [1.165, 1.54) is 0 Å². The fourth-order valence-electron chi connectivity index (χ4n) is 2.17. The molecule has 0 aromatic heterocycles. The highest BCUT2D eigenvalue weighted by Crippen LogP contribution is 2.23. The van der Waals surface area contributed by atoms with E-state index in [4.69, 9.17) is 0 Å². The maximum atomic E-state index is 9.77. The van der Waals surface area contributed by atoms with Crippen molar-refractivity contribution in [3.05, 3.63) is 70.8 Å². The Balaban J connectivity index is 2.29. The Labute approximate surface area is 131 Å². The highest BCUT2D eigenvalue weighted by Gasteiger charge is 1.99. The van der Waals surface area contributed by atoms with E-state index < -0.39 is 0 Å². The van der Waals surface area contributed by atoms with Crippen LogP contribution >= 0.6 is 0 Å². The maximum absolute atomic E-state index is 9.77. The number of rotatable bonds is 4. The maximum Gasteiger partial charge on any atom is 0.122 e. The molecule has 0 spiro atoms. The van der Waals surface area contributed by atoms with Crippen molar-refractivity contribution in [1.82, 2.24) is 0 Å². The van der Waals surface area contributed by atoms with Crippen LogP contribution in [0, 0.1) is 0 Å². The first-order chi connectivity index (χ1) is 10.6. The summed E-state index contributed by atoms with van der Waals surface area (Å²) >= 11 is 0. The van der Waals surface area contributed by atoms with Gasteiger partial charge >= 0.3 is 0 Å². The lowest BCUT2D eigenvalue weighted by molar-refractivity contribution is 0.473. The molecule has 2 aromatic carbocycles. The molecule has 0 saturated heterocycles. The quantitative estimate of drug-likeness (QED) is 0.747. The lowest BCUT2D eigenvalue weighted by atomic mass is 10.1. The summed E-state index contributed by atoms with van der Waals surface area (Å²) in [4.78, 5) is 0. The molecule has 2 nitrogen and oxygen atoms in total. The van der Waals surface area contributed by atoms with Crippen molar-refractivity contribution in [2.75, 3.05) is 0 Å². The van der Waals surface area contributed by atoms with Crippen molar-refractivity contribution >= 4 is 24.3 Å². The SMILES string of the molecule is CC=Cc1cc(C=Cc2ccc(O)c(C=CC)c2)ccc1O. The molecule has 0 heterocycles. The van der Waals surface area contributed by atoms with Crippen LogP contribution in [-0.4, -0.2) is 10.2 Å². The predicted molar refractivity (Wildman–Crippen MR) is 94.6 cm³/mol. The van der Waals surface area contributed by atoms with E-state index in [9.17, 15) is 10.2 Å². The van der Waals surface area contributed by atoms with E-state index >= 15 is 0 Å². The van der Waals surface area contributed by atoms with E-state index in [1.807, 2.05) is 74.6 Å². The number of phenolic OH excluding ortho intramolecular Hbond substituents is 2. The van der Waals surface area contributed by atoms with E-state index in [2.05, 4.69) is 0 Å². The second-order valence-electron chi connectivity index (χ2n) is 4.97. The summed E-state index contributed by atoms with van der Waals surface area (Å²) in [6.45, 7) is 3.84. The largest absolute Gasteiger partial charge is 0.507 e. The Morgan fingerprint density at radius 1 is 0.636 bits per heavy atom. The molecule has 0 atom stereocenters. The summed E-state index contributed by atoms with van der Waals surface area (Å²) in [5, 5.41) is 19.5. The first-order valence-electron chi connectivity index (χ1n) is 7.23. The van der Waals surface area contributed by atoms with Crippen LogP contribution in [0.15, 0.2) is 48.6 Å². The third-order valence-corrected chi connectivity index (χ3v) is 3.26. The fourth-order valence-corrected chi connectivity index (χ4v) is 2.17. The molecular formula is C20H20O2. The topological polar surface area (TPSA) is 40.5 Å². The molecule has 2 aromatic rings. The molecule has 0 amide bonds. The van der Waals surface area contributed by atoms with Gasteiger partial charge in [-0.05, 0) is 49.2 Å². The van der Waals surface area contributed by atoms with Crippen molar-refractivity contribution < 1.29 is 10.2 Å². The summed E-state index contributed by atoms with van der Waals surface area (Å²) in [6, 6.07) is 11.0. The average Bonchev–Trinajstić information content (AvgIpc) is 2.51. The summed E-state index contributed by atoms with van der Waals surface area (Å²) in [6.07, 6.45) is 11.5. The number of aromatic hydroxyl groups is 2. The summed E-state index contributed by atoms with van der Waals surface area (Å²) < 4.78 is 0. The molecule has 0 unspecified atom stereocenters. The average molecular weight is 292 g/mol. The van der Waals surface area contributed by atoms with Gasteiger partial charge in [0.15, 0.2) is 0 Å². The molecule has 0 fully saturated rings. The minimum Gasteiger partial charge on any atom is -0.507 e. The van der Waals surface area contributed by atoms with E-state index in [-0.39, 0.29) is 11.5 Å². The van der Waals surface area contributed by atoms with E-state index in [1.54, 1.807) is 12.1 Å². The highest BCUT2D eigenvalue weighted by molar-refractivity contribution is 5.74. The molecule has 112 valence electrons. The zero-order chi connectivity index (χ0) is 15.9. The molecule has 0 aliphatic carbocycles. The second kappa shape index (κ2) is 7.32. The highest BCUT2D eigenvalue weighted by atomic mass is 16.3. The van der Waals surface area contributed by atoms with Crippen molar-refractivity contribution in [2.24, 2.45) is 0 Å². The van der Waals surface area contributed by atoms with Crippen LogP contribution in [-0.2, 0) is 0 Å². The lowest BCUT2D eigenvalue weighted by Gasteiger charge is -2.02. The Bertz CT molecular complexity index is 674. The van der Waals surface area contributed by atoms with Crippen LogP contribution in [0.25, 0.3) is 24.3 Å². The monoisotopic (exact) mass is 292 g/mol. The van der Waals surface area contributed by atoms with Gasteiger partial charge in [0.1, 0.15) is 11.5 Å². The molecule has 0 bridgehead atoms. The molecular weight excluding hydrogens is 272 g/mol. The first-order valence-corrected chi connectivity index (χ1v) is 7.23. The molecule has 2 N–H and O–H groups in total. The summed E-state index contributed by atoms with van der Waals surface area (Å²) in [7, 11) is 0. The number of hydrogen-bond acceptors (Lipinski definition) is 2. The van der Waals surface area contributed by atoms with Gasteiger partial charge in [0.2, 0.25) is 0 Å². The van der Waals surface area contributed by atoms with Gasteiger partial charge < -0.3 is 10.2 Å². The standard InChI is InChI=1S/C20H20O2/c1-3-5-17-13-15(9-11-19(17)21)7-8-16-10-12-20(22)18(14-16)6-4-2/h3-14,21-22H,1-2H3. The zero-order valence-electron chi connectivity index (χ0n) is 12.8. The van der Waals surface area contributed by atoms with Gasteiger partial charge in [-0.15, -0.1) is 0 Å². The predicted octanol–water partition coefficient (Wildman–Crippen LogP) is 5.33. The molecule has 2 rings (SSSR count). The van der Waals surface area contributed by atoms with Crippen LogP contribution in [0.2, 0.25) is 0 Å². The third-order valence-electron chi connectivity index (χ3n) is 3.26. The van der Waals surface area contributed by atoms with Crippen molar-refractivity contribution in [1.29, 1.82) is 0 Å².